The van der Waals surface area contributed by atoms with Gasteiger partial charge in [-0.05, 0) is 85.4 Å². The molecule has 42 heavy (non-hydrogen) atoms. The van der Waals surface area contributed by atoms with Gasteiger partial charge in [0.15, 0.2) is 11.4 Å². The topological polar surface area (TPSA) is 186 Å². The van der Waals surface area contributed by atoms with Crippen molar-refractivity contribution in [3.8, 4) is 5.75 Å². The molecule has 1 fully saturated rings. The number of carbonyl (C=O) groups is 3. The van der Waals surface area contributed by atoms with Gasteiger partial charge in [0.2, 0.25) is 5.78 Å². The van der Waals surface area contributed by atoms with E-state index in [9.17, 15) is 34.8 Å². The van der Waals surface area contributed by atoms with Crippen LogP contribution in [0.15, 0.2) is 34.2 Å². The number of fused-ring (bicyclic) bond motifs is 3. The quantitative estimate of drug-likeness (QED) is 0.178. The second kappa shape index (κ2) is 10.8. The number of phenols is 1. The largest absolute Gasteiger partial charge is 0.508 e. The lowest BCUT2D eigenvalue weighted by molar-refractivity contribution is -0.153. The van der Waals surface area contributed by atoms with E-state index in [1.54, 1.807) is 20.2 Å². The Balaban J connectivity index is 1.93. The number of aliphatic hydroxyl groups excluding tert-OH is 2. The van der Waals surface area contributed by atoms with Crippen molar-refractivity contribution in [3.63, 3.8) is 0 Å². The molecule has 0 saturated heterocycles. The van der Waals surface area contributed by atoms with E-state index >= 15 is 0 Å². The summed E-state index contributed by atoms with van der Waals surface area (Å²) in [6.45, 7) is 6.22. The van der Waals surface area contributed by atoms with E-state index in [2.05, 4.69) is 5.16 Å². The smallest absolute Gasteiger partial charge is 0.255 e. The highest BCUT2D eigenvalue weighted by atomic mass is 16.6. The van der Waals surface area contributed by atoms with Gasteiger partial charge in [0.05, 0.1) is 17.3 Å². The van der Waals surface area contributed by atoms with Gasteiger partial charge in [0.1, 0.15) is 28.4 Å². The number of Topliss-reactive ketones (excluding diaryl/α,β-unsaturated/α-hetero) is 2. The molecule has 1 saturated carbocycles. The minimum atomic E-state index is -2.68. The number of amides is 1. The number of phenolic OH excluding ortho intramolecular Hbond substituents is 1. The molecule has 4 rings (SSSR count). The lowest BCUT2D eigenvalue weighted by atomic mass is 9.57. The van der Waals surface area contributed by atoms with Gasteiger partial charge in [-0.25, -0.2) is 0 Å². The van der Waals surface area contributed by atoms with E-state index in [0.29, 0.717) is 29.8 Å². The third kappa shape index (κ3) is 5.07. The first-order chi connectivity index (χ1) is 19.4. The molecule has 3 aliphatic rings. The van der Waals surface area contributed by atoms with Crippen LogP contribution in [0.5, 0.6) is 5.75 Å². The average molecular weight is 585 g/mol. The van der Waals surface area contributed by atoms with Crippen LogP contribution >= 0.6 is 0 Å². The molecule has 0 heterocycles. The zero-order valence-electron chi connectivity index (χ0n) is 25.1. The molecule has 0 bridgehead atoms. The number of aliphatic hydroxyl groups is 3. The molecule has 0 radical (unpaired) electrons. The van der Waals surface area contributed by atoms with Crippen molar-refractivity contribution in [1.82, 2.24) is 9.80 Å². The zero-order valence-corrected chi connectivity index (χ0v) is 25.1. The maximum Gasteiger partial charge on any atom is 0.255 e. The fourth-order valence-corrected chi connectivity index (χ4v) is 6.27. The molecule has 228 valence electrons. The Labute approximate surface area is 244 Å². The highest BCUT2D eigenvalue weighted by molar-refractivity contribution is 6.24. The van der Waals surface area contributed by atoms with Crippen molar-refractivity contribution in [3.05, 3.63) is 45.7 Å². The first-order valence-corrected chi connectivity index (χ1v) is 13.8. The van der Waals surface area contributed by atoms with E-state index in [0.717, 1.165) is 0 Å². The van der Waals surface area contributed by atoms with Gasteiger partial charge in [0.25, 0.3) is 5.91 Å². The molecule has 1 amide bonds. The van der Waals surface area contributed by atoms with E-state index < -0.39 is 63.6 Å². The molecule has 6 N–H and O–H groups in total. The monoisotopic (exact) mass is 584 g/mol. The lowest BCUT2D eigenvalue weighted by Crippen LogP contribution is -2.65. The van der Waals surface area contributed by atoms with Crippen LogP contribution in [0.3, 0.4) is 0 Å². The Bertz CT molecular complexity index is 1440. The summed E-state index contributed by atoms with van der Waals surface area (Å²) < 4.78 is 0. The number of carbonyl (C=O) groups excluding carboxylic acids is 3. The van der Waals surface area contributed by atoms with Crippen LogP contribution in [0, 0.1) is 11.8 Å². The number of likely N-dealkylation sites (N-methyl/N-ethyl adjacent to an activating group) is 1. The molecule has 12 nitrogen and oxygen atoms in total. The van der Waals surface area contributed by atoms with Crippen LogP contribution in [0.1, 0.15) is 50.3 Å². The Hall–Kier alpha value is -3.74. The third-order valence-corrected chi connectivity index (χ3v) is 8.14. The van der Waals surface area contributed by atoms with Gasteiger partial charge in [-0.15, -0.1) is 0 Å². The summed E-state index contributed by atoms with van der Waals surface area (Å²) in [4.78, 5) is 48.7. The number of oxime groups is 1. The van der Waals surface area contributed by atoms with Crippen LogP contribution in [-0.4, -0.2) is 105 Å². The molecular weight excluding hydrogens is 544 g/mol. The van der Waals surface area contributed by atoms with Crippen molar-refractivity contribution < 1.29 is 39.6 Å². The normalized spacial score (nSPS) is 26.4. The number of hydrogen-bond acceptors (Lipinski definition) is 11. The molecule has 1 aromatic carbocycles. The summed E-state index contributed by atoms with van der Waals surface area (Å²) in [6.07, 6.45) is 0.646. The molecule has 12 heteroatoms. The Morgan fingerprint density at radius 1 is 1.14 bits per heavy atom. The Morgan fingerprint density at radius 3 is 2.33 bits per heavy atom. The second-order valence-corrected chi connectivity index (χ2v) is 12.7. The molecule has 4 atom stereocenters. The summed E-state index contributed by atoms with van der Waals surface area (Å²) >= 11 is 0. The summed E-state index contributed by atoms with van der Waals surface area (Å²) in [7, 11) is 6.97. The van der Waals surface area contributed by atoms with Gasteiger partial charge in [0, 0.05) is 30.0 Å². The third-order valence-electron chi connectivity index (χ3n) is 8.14. The summed E-state index contributed by atoms with van der Waals surface area (Å²) in [5.41, 5.74) is 2.82. The molecule has 0 spiro atoms. The number of rotatable bonds is 7. The fourth-order valence-electron chi connectivity index (χ4n) is 6.27. The van der Waals surface area contributed by atoms with Crippen LogP contribution in [0.25, 0.3) is 5.76 Å². The fraction of sp³-hybridized carbons (Fsp3) is 0.533. The van der Waals surface area contributed by atoms with Crippen LogP contribution in [-0.2, 0) is 25.6 Å². The van der Waals surface area contributed by atoms with Crippen molar-refractivity contribution in [2.45, 2.75) is 57.3 Å². The van der Waals surface area contributed by atoms with Gasteiger partial charge >= 0.3 is 0 Å². The van der Waals surface area contributed by atoms with Crippen LogP contribution in [0.2, 0.25) is 0 Å². The molecule has 3 aliphatic carbocycles. The van der Waals surface area contributed by atoms with Crippen molar-refractivity contribution in [1.29, 1.82) is 0 Å². The molecular formula is C30H40N4O8. The maximum atomic E-state index is 14.0. The van der Waals surface area contributed by atoms with E-state index in [1.807, 2.05) is 39.8 Å². The van der Waals surface area contributed by atoms with Crippen LogP contribution in [0.4, 0.5) is 0 Å². The summed E-state index contributed by atoms with van der Waals surface area (Å²) in [6, 6.07) is 1.93. The van der Waals surface area contributed by atoms with Crippen molar-refractivity contribution >= 4 is 28.9 Å². The Kier molecular flexibility index (Phi) is 8.04. The highest BCUT2D eigenvalue weighted by Gasteiger charge is 2.64. The van der Waals surface area contributed by atoms with E-state index in [1.165, 1.54) is 11.0 Å². The molecule has 0 aromatic heterocycles. The predicted octanol–water partition coefficient (Wildman–Crippen LogP) is 1.43. The Morgan fingerprint density at radius 2 is 1.79 bits per heavy atom. The lowest BCUT2D eigenvalue weighted by Gasteiger charge is -2.50. The first kappa shape index (κ1) is 31.2. The first-order valence-electron chi connectivity index (χ1n) is 13.8. The predicted molar refractivity (Wildman–Crippen MR) is 155 cm³/mol. The number of hydrogen-bond donors (Lipinski definition) is 5. The van der Waals surface area contributed by atoms with Gasteiger partial charge in [-0.3, -0.25) is 19.3 Å². The maximum absolute atomic E-state index is 14.0. The van der Waals surface area contributed by atoms with Gasteiger partial charge < -0.3 is 35.9 Å². The molecule has 0 aliphatic heterocycles. The van der Waals surface area contributed by atoms with Gasteiger partial charge in [-0.2, -0.15) is 0 Å². The minimum Gasteiger partial charge on any atom is -0.508 e. The van der Waals surface area contributed by atoms with E-state index in [-0.39, 0.29) is 29.7 Å². The number of benzene rings is 1. The van der Waals surface area contributed by atoms with Crippen LogP contribution < -0.4 is 5.73 Å². The summed E-state index contributed by atoms with van der Waals surface area (Å²) in [5.74, 6) is -6.91. The van der Waals surface area contributed by atoms with E-state index in [4.69, 9.17) is 10.6 Å². The average Bonchev–Trinajstić information content (AvgIpc) is 2.85. The minimum absolute atomic E-state index is 0.00350. The zero-order chi connectivity index (χ0) is 31.5. The number of nitrogens with two attached hydrogens (primary N) is 1. The number of primary amides is 1. The number of nitrogens with zero attached hydrogens (tertiary/aromatic N) is 3. The van der Waals surface area contributed by atoms with Gasteiger partial charge in [-0.1, -0.05) is 5.16 Å². The number of ketones is 2. The molecule has 1 aromatic rings. The SMILES string of the molecule is CN(C)CC/C(=N/OC(C)(C)C)c1ccc(O)c2c1CC1CC3[C@H](N(C)C)C(=O)C(C(N)=O)=C(O)[C@@]3(O)C(=O)C1=C2O. The highest BCUT2D eigenvalue weighted by Crippen LogP contribution is 2.53. The number of aromatic hydroxyl groups is 1. The molecule has 2 unspecified atom stereocenters. The second-order valence-electron chi connectivity index (χ2n) is 12.7. The van der Waals surface area contributed by atoms with Crippen molar-refractivity contribution in [2.24, 2.45) is 22.7 Å². The summed E-state index contributed by atoms with van der Waals surface area (Å²) in [5, 5.41) is 49.6. The van der Waals surface area contributed by atoms with Crippen molar-refractivity contribution in [2.75, 3.05) is 34.7 Å². The standard InChI is InChI=1S/C30H40N4O8/c1-29(2,3)42-32-18(10-11-33(4)5)15-8-9-19(35)21-16(15)12-14-13-17-23(34(6)7)25(37)22(28(31)40)27(39)30(17,41)26(38)20(14)24(21)36/h8-9,14,17,23,35-36,39,41H,10-13H2,1-7H3,(H2,31,40)/b32-18-/t14?,17?,23-,30-/m0/s1.